The Morgan fingerprint density at radius 1 is 1.56 bits per heavy atom. The molecular weight excluding hydrogens is 304 g/mol. The third kappa shape index (κ3) is 2.51. The molecule has 96 valence electrons. The van der Waals surface area contributed by atoms with Crippen molar-refractivity contribution in [2.24, 2.45) is 0 Å². The highest BCUT2D eigenvalue weighted by Gasteiger charge is 2.33. The summed E-state index contributed by atoms with van der Waals surface area (Å²) in [6, 6.07) is 0.618. The van der Waals surface area contributed by atoms with Gasteiger partial charge in [-0.05, 0) is 22.0 Å². The summed E-state index contributed by atoms with van der Waals surface area (Å²) < 4.78 is 5.64. The van der Waals surface area contributed by atoms with E-state index < -0.39 is 12.0 Å². The third-order valence-electron chi connectivity index (χ3n) is 2.68. The molecule has 1 atom stereocenters. The highest BCUT2D eigenvalue weighted by molar-refractivity contribution is 9.10. The zero-order valence-corrected chi connectivity index (χ0v) is 11.0. The molecule has 1 amide bonds. The lowest BCUT2D eigenvalue weighted by Gasteiger charge is -2.33. The van der Waals surface area contributed by atoms with Gasteiger partial charge < -0.3 is 14.7 Å². The minimum absolute atomic E-state index is 0.0176. The average Bonchev–Trinajstić information content (AvgIpc) is 2.38. The highest BCUT2D eigenvalue weighted by atomic mass is 79.9. The molecule has 0 bridgehead atoms. The number of amides is 1. The molecule has 1 aromatic heterocycles. The van der Waals surface area contributed by atoms with Crippen LogP contribution in [0.5, 0.6) is 0 Å². The molecule has 1 aliphatic heterocycles. The molecule has 7 heteroatoms. The molecule has 1 saturated heterocycles. The number of pyridine rings is 1. The molecule has 1 aromatic rings. The SMILES string of the molecule is O=C(O)C1COCCN1C(=O)c1ccncc1Br. The van der Waals surface area contributed by atoms with Crippen molar-refractivity contribution >= 4 is 27.8 Å². The average molecular weight is 315 g/mol. The van der Waals surface area contributed by atoms with Gasteiger partial charge in [0.2, 0.25) is 0 Å². The fraction of sp³-hybridized carbons (Fsp3) is 0.364. The second-order valence-corrected chi connectivity index (χ2v) is 4.64. The lowest BCUT2D eigenvalue weighted by molar-refractivity contribution is -0.147. The van der Waals surface area contributed by atoms with E-state index in [0.717, 1.165) is 0 Å². The van der Waals surface area contributed by atoms with Gasteiger partial charge in [0.05, 0.1) is 18.8 Å². The summed E-state index contributed by atoms with van der Waals surface area (Å²) in [6.45, 7) is 0.632. The maximum atomic E-state index is 12.3. The number of carboxylic acids is 1. The quantitative estimate of drug-likeness (QED) is 0.872. The second-order valence-electron chi connectivity index (χ2n) is 3.78. The Kier molecular flexibility index (Phi) is 3.93. The van der Waals surface area contributed by atoms with Crippen molar-refractivity contribution < 1.29 is 19.4 Å². The van der Waals surface area contributed by atoms with Crippen LogP contribution in [0.1, 0.15) is 10.4 Å². The standard InChI is InChI=1S/C11H11BrN2O4/c12-8-5-13-2-1-7(8)10(15)14-3-4-18-6-9(14)11(16)17/h1-2,5,9H,3-4,6H2,(H,16,17). The van der Waals surface area contributed by atoms with E-state index in [1.54, 1.807) is 6.07 Å². The number of ether oxygens (including phenoxy) is 1. The van der Waals surface area contributed by atoms with E-state index in [0.29, 0.717) is 16.6 Å². The van der Waals surface area contributed by atoms with Crippen LogP contribution in [-0.2, 0) is 9.53 Å². The predicted molar refractivity (Wildman–Crippen MR) is 65.2 cm³/mol. The van der Waals surface area contributed by atoms with Crippen LogP contribution in [-0.4, -0.2) is 52.7 Å². The zero-order valence-electron chi connectivity index (χ0n) is 9.38. The monoisotopic (exact) mass is 314 g/mol. The molecule has 1 aliphatic rings. The number of aliphatic carboxylic acids is 1. The van der Waals surface area contributed by atoms with E-state index in [2.05, 4.69) is 20.9 Å². The lowest BCUT2D eigenvalue weighted by atomic mass is 10.1. The first kappa shape index (κ1) is 13.0. The Hall–Kier alpha value is -1.47. The van der Waals surface area contributed by atoms with Crippen molar-refractivity contribution in [1.29, 1.82) is 0 Å². The fourth-order valence-corrected chi connectivity index (χ4v) is 2.17. The summed E-state index contributed by atoms with van der Waals surface area (Å²) in [5, 5.41) is 9.08. The lowest BCUT2D eigenvalue weighted by Crippen LogP contribution is -2.52. The summed E-state index contributed by atoms with van der Waals surface area (Å²) in [6.07, 6.45) is 3.00. The fourth-order valence-electron chi connectivity index (χ4n) is 1.75. The van der Waals surface area contributed by atoms with Crippen molar-refractivity contribution in [3.8, 4) is 0 Å². The molecule has 2 rings (SSSR count). The van der Waals surface area contributed by atoms with Gasteiger partial charge in [-0.1, -0.05) is 0 Å². The summed E-state index contributed by atoms with van der Waals surface area (Å²) in [4.78, 5) is 28.6. The predicted octanol–water partition coefficient (Wildman–Crippen LogP) is 0.770. The first-order valence-corrected chi connectivity index (χ1v) is 6.11. The molecule has 18 heavy (non-hydrogen) atoms. The summed E-state index contributed by atoms with van der Waals surface area (Å²) >= 11 is 3.23. The summed E-state index contributed by atoms with van der Waals surface area (Å²) in [5.74, 6) is -1.40. The molecule has 1 fully saturated rings. The molecular formula is C11H11BrN2O4. The first-order valence-electron chi connectivity index (χ1n) is 5.32. The Labute approximate surface area is 112 Å². The maximum Gasteiger partial charge on any atom is 0.328 e. The number of hydrogen-bond acceptors (Lipinski definition) is 4. The molecule has 0 aliphatic carbocycles. The van der Waals surface area contributed by atoms with Gasteiger partial charge in [-0.2, -0.15) is 0 Å². The number of hydrogen-bond donors (Lipinski definition) is 1. The maximum absolute atomic E-state index is 12.3. The van der Waals surface area contributed by atoms with Crippen molar-refractivity contribution in [3.63, 3.8) is 0 Å². The van der Waals surface area contributed by atoms with Crippen LogP contribution in [0.4, 0.5) is 0 Å². The van der Waals surface area contributed by atoms with E-state index in [4.69, 9.17) is 9.84 Å². The topological polar surface area (TPSA) is 79.7 Å². The normalized spacial score (nSPS) is 19.6. The molecule has 6 nitrogen and oxygen atoms in total. The number of carbonyl (C=O) groups excluding carboxylic acids is 1. The molecule has 1 N–H and O–H groups in total. The number of carbonyl (C=O) groups is 2. The molecule has 0 spiro atoms. The molecule has 0 aromatic carbocycles. The summed E-state index contributed by atoms with van der Waals surface area (Å²) in [7, 11) is 0. The summed E-state index contributed by atoms with van der Waals surface area (Å²) in [5.41, 5.74) is 0.401. The van der Waals surface area contributed by atoms with Gasteiger partial charge in [0.15, 0.2) is 6.04 Å². The Morgan fingerprint density at radius 3 is 3.00 bits per heavy atom. The van der Waals surface area contributed by atoms with Crippen LogP contribution in [0, 0.1) is 0 Å². The molecule has 1 unspecified atom stereocenters. The molecule has 0 radical (unpaired) electrons. The van der Waals surface area contributed by atoms with Gasteiger partial charge in [-0.3, -0.25) is 9.78 Å². The second kappa shape index (κ2) is 5.45. The van der Waals surface area contributed by atoms with Crippen LogP contribution < -0.4 is 0 Å². The van der Waals surface area contributed by atoms with Crippen LogP contribution in [0.15, 0.2) is 22.9 Å². The Balaban J connectivity index is 2.27. The number of rotatable bonds is 2. The van der Waals surface area contributed by atoms with Gasteiger partial charge in [-0.25, -0.2) is 4.79 Å². The van der Waals surface area contributed by atoms with Crippen molar-refractivity contribution in [2.45, 2.75) is 6.04 Å². The van der Waals surface area contributed by atoms with Gasteiger partial charge in [0.25, 0.3) is 5.91 Å². The van der Waals surface area contributed by atoms with Crippen molar-refractivity contribution in [3.05, 3.63) is 28.5 Å². The van der Waals surface area contributed by atoms with Crippen LogP contribution >= 0.6 is 15.9 Å². The van der Waals surface area contributed by atoms with E-state index in [1.807, 2.05) is 0 Å². The van der Waals surface area contributed by atoms with E-state index in [-0.39, 0.29) is 19.1 Å². The first-order chi connectivity index (χ1) is 8.61. The number of carboxylic acid groups (broad SMARTS) is 1. The van der Waals surface area contributed by atoms with E-state index in [1.165, 1.54) is 17.3 Å². The number of nitrogens with zero attached hydrogens (tertiary/aromatic N) is 2. The van der Waals surface area contributed by atoms with Crippen LogP contribution in [0.25, 0.3) is 0 Å². The van der Waals surface area contributed by atoms with Gasteiger partial charge in [0, 0.05) is 23.4 Å². The smallest absolute Gasteiger partial charge is 0.328 e. The van der Waals surface area contributed by atoms with Gasteiger partial charge >= 0.3 is 5.97 Å². The van der Waals surface area contributed by atoms with Gasteiger partial charge in [-0.15, -0.1) is 0 Å². The minimum atomic E-state index is -1.06. The Morgan fingerprint density at radius 2 is 2.33 bits per heavy atom. The number of morpholine rings is 1. The van der Waals surface area contributed by atoms with E-state index in [9.17, 15) is 9.59 Å². The zero-order chi connectivity index (χ0) is 13.1. The highest BCUT2D eigenvalue weighted by Crippen LogP contribution is 2.19. The van der Waals surface area contributed by atoms with Gasteiger partial charge in [0.1, 0.15) is 0 Å². The molecule has 2 heterocycles. The van der Waals surface area contributed by atoms with E-state index >= 15 is 0 Å². The number of halogens is 1. The third-order valence-corrected chi connectivity index (χ3v) is 3.31. The molecule has 0 saturated carbocycles. The van der Waals surface area contributed by atoms with Crippen molar-refractivity contribution in [1.82, 2.24) is 9.88 Å². The largest absolute Gasteiger partial charge is 0.480 e. The Bertz CT molecular complexity index is 480. The van der Waals surface area contributed by atoms with Crippen molar-refractivity contribution in [2.75, 3.05) is 19.8 Å². The van der Waals surface area contributed by atoms with Crippen LogP contribution in [0.2, 0.25) is 0 Å². The van der Waals surface area contributed by atoms with Crippen LogP contribution in [0.3, 0.4) is 0 Å². The number of aromatic nitrogens is 1. The minimum Gasteiger partial charge on any atom is -0.480 e.